The average Bonchev–Trinajstić information content (AvgIpc) is 2.69. The first-order valence-electron chi connectivity index (χ1n) is 5.56. The molecule has 0 radical (unpaired) electrons. The molecule has 0 unspecified atom stereocenters. The van der Waals surface area contributed by atoms with Gasteiger partial charge in [0.1, 0.15) is 0 Å². The van der Waals surface area contributed by atoms with E-state index in [9.17, 15) is 0 Å². The molecule has 0 saturated heterocycles. The minimum atomic E-state index is 0.990. The molecule has 0 amide bonds. The van der Waals surface area contributed by atoms with Gasteiger partial charge in [0.25, 0.3) is 0 Å². The first-order valence-corrected chi connectivity index (χ1v) is 5.56. The van der Waals surface area contributed by atoms with E-state index in [2.05, 4.69) is 25.1 Å². The molecule has 1 aliphatic rings. The number of aryl methyl sites for hydroxylation is 1. The zero-order valence-electron chi connectivity index (χ0n) is 10.4. The van der Waals surface area contributed by atoms with E-state index in [1.54, 1.807) is 7.11 Å². The number of aromatic nitrogens is 2. The number of allylic oxidation sites excluding steroid dienone is 4. The maximum absolute atomic E-state index is 5.39. The quantitative estimate of drug-likeness (QED) is 0.763. The maximum Gasteiger partial charge on any atom is 0.0990 e. The molecular weight excluding hydrogens is 200 g/mol. The van der Waals surface area contributed by atoms with Crippen molar-refractivity contribution in [2.75, 3.05) is 7.11 Å². The normalized spacial score (nSPS) is 17.0. The highest BCUT2D eigenvalue weighted by Gasteiger charge is 2.18. The van der Waals surface area contributed by atoms with Crippen LogP contribution in [0.5, 0.6) is 0 Å². The van der Waals surface area contributed by atoms with Gasteiger partial charge in [-0.05, 0) is 37.0 Å². The van der Waals surface area contributed by atoms with E-state index in [0.29, 0.717) is 0 Å². The minimum Gasteiger partial charge on any atom is -0.501 e. The second kappa shape index (κ2) is 4.16. The highest BCUT2D eigenvalue weighted by Crippen LogP contribution is 2.35. The molecule has 0 aliphatic heterocycles. The summed E-state index contributed by atoms with van der Waals surface area (Å²) in [5.74, 6) is 1.12. The Kier molecular flexibility index (Phi) is 2.86. The number of nitrogens with zero attached hydrogens (tertiary/aromatic N) is 2. The average molecular weight is 218 g/mol. The van der Waals surface area contributed by atoms with Crippen LogP contribution in [0, 0.1) is 0 Å². The summed E-state index contributed by atoms with van der Waals surface area (Å²) in [5.41, 5.74) is 5.23. The summed E-state index contributed by atoms with van der Waals surface area (Å²) >= 11 is 0. The summed E-state index contributed by atoms with van der Waals surface area (Å²) in [6.45, 7) is 4.29. The van der Waals surface area contributed by atoms with Crippen LogP contribution in [0.15, 0.2) is 29.3 Å². The van der Waals surface area contributed by atoms with Gasteiger partial charge in [-0.3, -0.25) is 4.68 Å². The fourth-order valence-corrected chi connectivity index (χ4v) is 2.24. The van der Waals surface area contributed by atoms with Crippen LogP contribution in [0.4, 0.5) is 0 Å². The topological polar surface area (TPSA) is 27.1 Å². The van der Waals surface area contributed by atoms with Crippen LogP contribution in [0.3, 0.4) is 0 Å². The number of hydrogen-bond donors (Lipinski definition) is 0. The highest BCUT2D eigenvalue weighted by molar-refractivity contribution is 5.72. The predicted octanol–water partition coefficient (Wildman–Crippen LogP) is 2.91. The summed E-state index contributed by atoms with van der Waals surface area (Å²) in [6.07, 6.45) is 6.04. The molecule has 1 aromatic rings. The van der Waals surface area contributed by atoms with E-state index < -0.39 is 0 Å². The van der Waals surface area contributed by atoms with Crippen LogP contribution in [0.25, 0.3) is 5.57 Å². The second-order valence-electron chi connectivity index (χ2n) is 4.26. The predicted molar refractivity (Wildman–Crippen MR) is 64.7 cm³/mol. The fourth-order valence-electron chi connectivity index (χ4n) is 2.24. The second-order valence-corrected chi connectivity index (χ2v) is 4.26. The van der Waals surface area contributed by atoms with Crippen molar-refractivity contribution in [2.24, 2.45) is 7.05 Å². The Morgan fingerprint density at radius 2 is 2.00 bits per heavy atom. The molecular formula is C13H18N2O. The fraction of sp³-hybridized carbons (Fsp3) is 0.462. The van der Waals surface area contributed by atoms with E-state index in [1.807, 2.05) is 17.9 Å². The third-order valence-electron chi connectivity index (χ3n) is 3.34. The van der Waals surface area contributed by atoms with Crippen molar-refractivity contribution < 1.29 is 4.74 Å². The van der Waals surface area contributed by atoms with E-state index in [1.165, 1.54) is 22.3 Å². The first kappa shape index (κ1) is 11.0. The first-order chi connectivity index (χ1) is 7.63. The molecule has 16 heavy (non-hydrogen) atoms. The summed E-state index contributed by atoms with van der Waals surface area (Å²) in [4.78, 5) is 0. The molecule has 2 rings (SSSR count). The molecule has 1 aliphatic carbocycles. The summed E-state index contributed by atoms with van der Waals surface area (Å²) in [6, 6.07) is 0. The number of hydrogen-bond acceptors (Lipinski definition) is 2. The van der Waals surface area contributed by atoms with Gasteiger partial charge in [0, 0.05) is 25.2 Å². The molecule has 3 nitrogen and oxygen atoms in total. The van der Waals surface area contributed by atoms with Crippen molar-refractivity contribution in [1.29, 1.82) is 0 Å². The standard InChI is InChI=1S/C13H18N2O/c1-9-10(2)13(16-4)6-5-12(9)11-7-14-15(3)8-11/h7-8H,5-6H2,1-4H3. The van der Waals surface area contributed by atoms with Gasteiger partial charge in [-0.2, -0.15) is 5.10 Å². The van der Waals surface area contributed by atoms with Gasteiger partial charge in [0.15, 0.2) is 0 Å². The molecule has 0 aromatic carbocycles. The highest BCUT2D eigenvalue weighted by atomic mass is 16.5. The SMILES string of the molecule is COC1=C(C)C(C)=C(c2cnn(C)c2)CC1. The van der Waals surface area contributed by atoms with Gasteiger partial charge in [0.05, 0.1) is 19.1 Å². The van der Waals surface area contributed by atoms with E-state index in [0.717, 1.165) is 18.6 Å². The Morgan fingerprint density at radius 3 is 2.56 bits per heavy atom. The molecule has 1 aromatic heterocycles. The summed E-state index contributed by atoms with van der Waals surface area (Å²) < 4.78 is 7.24. The molecule has 0 N–H and O–H groups in total. The lowest BCUT2D eigenvalue weighted by atomic mass is 9.88. The molecule has 0 spiro atoms. The zero-order valence-corrected chi connectivity index (χ0v) is 10.4. The molecule has 0 bridgehead atoms. The minimum absolute atomic E-state index is 0.990. The largest absolute Gasteiger partial charge is 0.501 e. The van der Waals surface area contributed by atoms with Crippen LogP contribution >= 0.6 is 0 Å². The van der Waals surface area contributed by atoms with Crippen LogP contribution in [0.1, 0.15) is 32.3 Å². The summed E-state index contributed by atoms with van der Waals surface area (Å²) in [7, 11) is 3.70. The molecule has 1 heterocycles. The summed E-state index contributed by atoms with van der Waals surface area (Å²) in [5, 5.41) is 4.23. The van der Waals surface area contributed by atoms with Crippen molar-refractivity contribution in [3.8, 4) is 0 Å². The Hall–Kier alpha value is -1.51. The van der Waals surface area contributed by atoms with Gasteiger partial charge >= 0.3 is 0 Å². The maximum atomic E-state index is 5.39. The molecule has 3 heteroatoms. The molecule has 0 saturated carbocycles. The van der Waals surface area contributed by atoms with Crippen LogP contribution in [-0.2, 0) is 11.8 Å². The Balaban J connectivity index is 2.43. The lowest BCUT2D eigenvalue weighted by Crippen LogP contribution is -2.03. The van der Waals surface area contributed by atoms with E-state index in [-0.39, 0.29) is 0 Å². The van der Waals surface area contributed by atoms with Gasteiger partial charge in [0.2, 0.25) is 0 Å². The lowest BCUT2D eigenvalue weighted by Gasteiger charge is -2.21. The van der Waals surface area contributed by atoms with Crippen molar-refractivity contribution in [3.63, 3.8) is 0 Å². The number of methoxy groups -OCH3 is 1. The van der Waals surface area contributed by atoms with Crippen LogP contribution < -0.4 is 0 Å². The smallest absolute Gasteiger partial charge is 0.0990 e. The number of ether oxygens (including phenoxy) is 1. The Labute approximate surface area is 96.4 Å². The van der Waals surface area contributed by atoms with E-state index in [4.69, 9.17) is 4.74 Å². The molecule has 0 atom stereocenters. The Bertz CT molecular complexity index is 466. The van der Waals surface area contributed by atoms with Gasteiger partial charge in [-0.25, -0.2) is 0 Å². The van der Waals surface area contributed by atoms with Crippen molar-refractivity contribution in [3.05, 3.63) is 34.9 Å². The number of rotatable bonds is 2. The van der Waals surface area contributed by atoms with Crippen molar-refractivity contribution in [1.82, 2.24) is 9.78 Å². The van der Waals surface area contributed by atoms with Crippen LogP contribution in [-0.4, -0.2) is 16.9 Å². The van der Waals surface area contributed by atoms with Gasteiger partial charge < -0.3 is 4.74 Å². The molecule has 0 fully saturated rings. The molecule has 86 valence electrons. The zero-order chi connectivity index (χ0) is 11.7. The lowest BCUT2D eigenvalue weighted by molar-refractivity contribution is 0.272. The van der Waals surface area contributed by atoms with E-state index >= 15 is 0 Å². The third kappa shape index (κ3) is 1.77. The van der Waals surface area contributed by atoms with Crippen LogP contribution in [0.2, 0.25) is 0 Å². The third-order valence-corrected chi connectivity index (χ3v) is 3.34. The monoisotopic (exact) mass is 218 g/mol. The van der Waals surface area contributed by atoms with Gasteiger partial charge in [-0.1, -0.05) is 0 Å². The van der Waals surface area contributed by atoms with Crippen molar-refractivity contribution in [2.45, 2.75) is 26.7 Å². The van der Waals surface area contributed by atoms with Gasteiger partial charge in [-0.15, -0.1) is 0 Å². The Morgan fingerprint density at radius 1 is 1.25 bits per heavy atom. The van der Waals surface area contributed by atoms with Crippen molar-refractivity contribution >= 4 is 5.57 Å².